The lowest BCUT2D eigenvalue weighted by Crippen LogP contribution is -2.20. The molecule has 4 nitrogen and oxygen atoms in total. The highest BCUT2D eigenvalue weighted by molar-refractivity contribution is 9.10. The second-order valence-corrected chi connectivity index (χ2v) is 5.38. The fraction of sp³-hybridized carbons (Fsp3) is 0. The lowest BCUT2D eigenvalue weighted by Gasteiger charge is -2.16. The van der Waals surface area contributed by atoms with Crippen LogP contribution >= 0.6 is 15.9 Å². The van der Waals surface area contributed by atoms with Crippen molar-refractivity contribution in [1.29, 1.82) is 0 Å². The topological polar surface area (TPSA) is 60.2 Å². The fourth-order valence-corrected chi connectivity index (χ4v) is 2.44. The van der Waals surface area contributed by atoms with Crippen molar-refractivity contribution in [2.45, 2.75) is 0 Å². The zero-order valence-corrected chi connectivity index (χ0v) is 12.9. The highest BCUT2D eigenvalue weighted by Crippen LogP contribution is 2.26. The van der Waals surface area contributed by atoms with Crippen LogP contribution in [0.3, 0.4) is 0 Å². The zero-order valence-electron chi connectivity index (χ0n) is 11.3. The second kappa shape index (κ2) is 6.07. The fourth-order valence-electron chi connectivity index (χ4n) is 2.25. The molecule has 1 aliphatic carbocycles. The lowest BCUT2D eigenvalue weighted by atomic mass is 9.84. The average Bonchev–Trinajstić information content (AvgIpc) is 3.04. The molecule has 1 heterocycles. The first kappa shape index (κ1) is 14.4. The van der Waals surface area contributed by atoms with Gasteiger partial charge in [0.1, 0.15) is 10.9 Å². The van der Waals surface area contributed by atoms with Crippen LogP contribution in [0.5, 0.6) is 0 Å². The molecule has 22 heavy (non-hydrogen) atoms. The maximum absolute atomic E-state index is 12.1. The third kappa shape index (κ3) is 2.63. The Kier molecular flexibility index (Phi) is 3.98. The van der Waals surface area contributed by atoms with Gasteiger partial charge in [0.15, 0.2) is 11.6 Å². The Hall–Kier alpha value is -2.53. The average molecular weight is 356 g/mol. The summed E-state index contributed by atoms with van der Waals surface area (Å²) in [6.45, 7) is 0. The van der Waals surface area contributed by atoms with Gasteiger partial charge in [0.2, 0.25) is 0 Å². The molecular formula is C17H10BrNO3. The first-order valence-corrected chi connectivity index (χ1v) is 7.31. The van der Waals surface area contributed by atoms with Crippen LogP contribution in [0.4, 0.5) is 0 Å². The van der Waals surface area contributed by atoms with Gasteiger partial charge in [-0.1, -0.05) is 53.7 Å². The molecule has 0 spiro atoms. The highest BCUT2D eigenvalue weighted by Gasteiger charge is 2.28. The largest absolute Gasteiger partial charge is 0.364 e. The molecule has 3 aromatic rings. The summed E-state index contributed by atoms with van der Waals surface area (Å²) in [5.41, 5.74) is 2.02. The standard InChI is InChI=1S/C14H8O2.C3H2BrNO/c15-13-9-5-1-2-6-10(9)14(16)12-8-4-3-7-11(12)13;4-3-1-2-6-5-3/h1-8H;1-2H. The third-order valence-electron chi connectivity index (χ3n) is 3.24. The molecule has 0 unspecified atom stereocenters. The van der Waals surface area contributed by atoms with Crippen molar-refractivity contribution in [3.05, 3.63) is 87.7 Å². The van der Waals surface area contributed by atoms with E-state index in [4.69, 9.17) is 0 Å². The van der Waals surface area contributed by atoms with Crippen molar-refractivity contribution in [3.8, 4) is 0 Å². The maximum Gasteiger partial charge on any atom is 0.194 e. The smallest absolute Gasteiger partial charge is 0.194 e. The molecule has 0 aliphatic heterocycles. The van der Waals surface area contributed by atoms with Crippen molar-refractivity contribution in [3.63, 3.8) is 0 Å². The number of halogens is 1. The number of carbonyl (C=O) groups is 2. The van der Waals surface area contributed by atoms with E-state index in [-0.39, 0.29) is 11.6 Å². The molecule has 5 heteroatoms. The van der Waals surface area contributed by atoms with Gasteiger partial charge >= 0.3 is 0 Å². The van der Waals surface area contributed by atoms with Gasteiger partial charge in [-0.15, -0.1) is 0 Å². The Morgan fingerprint density at radius 3 is 1.36 bits per heavy atom. The summed E-state index contributed by atoms with van der Waals surface area (Å²) in [5, 5.41) is 3.46. The Morgan fingerprint density at radius 1 is 0.727 bits per heavy atom. The van der Waals surface area contributed by atoms with Gasteiger partial charge in [-0.05, 0) is 15.9 Å². The lowest BCUT2D eigenvalue weighted by molar-refractivity contribution is 0.0979. The number of fused-ring (bicyclic) bond motifs is 2. The number of hydrogen-bond acceptors (Lipinski definition) is 4. The Labute approximate surface area is 134 Å². The van der Waals surface area contributed by atoms with Gasteiger partial charge in [-0.25, -0.2) is 0 Å². The molecule has 108 valence electrons. The Balaban J connectivity index is 0.000000202. The molecule has 2 aromatic carbocycles. The predicted molar refractivity (Wildman–Crippen MR) is 84.0 cm³/mol. The minimum Gasteiger partial charge on any atom is -0.364 e. The first-order valence-electron chi connectivity index (χ1n) is 6.52. The second-order valence-electron chi connectivity index (χ2n) is 4.57. The van der Waals surface area contributed by atoms with E-state index in [0.29, 0.717) is 22.3 Å². The van der Waals surface area contributed by atoms with Gasteiger partial charge in [-0.3, -0.25) is 9.59 Å². The summed E-state index contributed by atoms with van der Waals surface area (Å²) in [5.74, 6) is -0.128. The van der Waals surface area contributed by atoms with Crippen molar-refractivity contribution < 1.29 is 14.1 Å². The van der Waals surface area contributed by atoms with E-state index in [0.717, 1.165) is 4.60 Å². The number of nitrogens with zero attached hydrogens (tertiary/aromatic N) is 1. The van der Waals surface area contributed by atoms with E-state index >= 15 is 0 Å². The Bertz CT molecular complexity index is 735. The normalized spacial score (nSPS) is 12.0. The molecule has 0 bridgehead atoms. The molecule has 0 amide bonds. The minimum atomic E-state index is -0.0641. The van der Waals surface area contributed by atoms with E-state index in [1.54, 1.807) is 54.6 Å². The summed E-state index contributed by atoms with van der Waals surface area (Å²) >= 11 is 3.08. The maximum atomic E-state index is 12.1. The number of benzene rings is 2. The molecular weight excluding hydrogens is 346 g/mol. The summed E-state index contributed by atoms with van der Waals surface area (Å²) in [4.78, 5) is 24.2. The molecule has 1 aromatic heterocycles. The van der Waals surface area contributed by atoms with Gasteiger partial charge in [0.25, 0.3) is 0 Å². The van der Waals surface area contributed by atoms with E-state index in [2.05, 4.69) is 25.6 Å². The van der Waals surface area contributed by atoms with Crippen LogP contribution < -0.4 is 0 Å². The van der Waals surface area contributed by atoms with Crippen LogP contribution in [-0.2, 0) is 0 Å². The van der Waals surface area contributed by atoms with Gasteiger partial charge in [-0.2, -0.15) is 0 Å². The van der Waals surface area contributed by atoms with Gasteiger partial charge < -0.3 is 4.52 Å². The summed E-state index contributed by atoms with van der Waals surface area (Å²) < 4.78 is 5.16. The number of ketones is 2. The molecule has 0 saturated carbocycles. The predicted octanol–water partition coefficient (Wildman–Crippen LogP) is 3.90. The van der Waals surface area contributed by atoms with Crippen LogP contribution in [0.15, 0.2) is 70.0 Å². The quantitative estimate of drug-likeness (QED) is 0.480. The molecule has 4 rings (SSSR count). The van der Waals surface area contributed by atoms with Crippen LogP contribution in [-0.4, -0.2) is 16.7 Å². The molecule has 0 atom stereocenters. The molecule has 1 aliphatic rings. The zero-order chi connectivity index (χ0) is 15.5. The first-order chi connectivity index (χ1) is 10.7. The van der Waals surface area contributed by atoms with E-state index in [9.17, 15) is 9.59 Å². The summed E-state index contributed by atoms with van der Waals surface area (Å²) in [7, 11) is 0. The number of aromatic nitrogens is 1. The highest BCUT2D eigenvalue weighted by atomic mass is 79.9. The van der Waals surface area contributed by atoms with Crippen molar-refractivity contribution in [2.24, 2.45) is 0 Å². The van der Waals surface area contributed by atoms with Crippen LogP contribution in [0.1, 0.15) is 31.8 Å². The van der Waals surface area contributed by atoms with E-state index < -0.39 is 0 Å². The van der Waals surface area contributed by atoms with Crippen molar-refractivity contribution in [1.82, 2.24) is 5.16 Å². The summed E-state index contributed by atoms with van der Waals surface area (Å²) in [6, 6.07) is 15.6. The molecule has 0 saturated heterocycles. The number of rotatable bonds is 0. The summed E-state index contributed by atoms with van der Waals surface area (Å²) in [6.07, 6.45) is 1.50. The number of carbonyl (C=O) groups excluding carboxylic acids is 2. The van der Waals surface area contributed by atoms with Gasteiger partial charge in [0.05, 0.1) is 0 Å². The molecule has 0 N–H and O–H groups in total. The van der Waals surface area contributed by atoms with Gasteiger partial charge in [0, 0.05) is 28.3 Å². The van der Waals surface area contributed by atoms with E-state index in [1.807, 2.05) is 0 Å². The Morgan fingerprint density at radius 2 is 1.14 bits per heavy atom. The van der Waals surface area contributed by atoms with E-state index in [1.165, 1.54) is 6.26 Å². The third-order valence-corrected chi connectivity index (χ3v) is 3.65. The molecule has 0 fully saturated rings. The SMILES string of the molecule is Brc1ccon1.O=C1c2ccccc2C(=O)c2ccccc21. The minimum absolute atomic E-state index is 0.0641. The van der Waals surface area contributed by atoms with Crippen LogP contribution in [0.2, 0.25) is 0 Å². The van der Waals surface area contributed by atoms with Crippen LogP contribution in [0, 0.1) is 0 Å². The van der Waals surface area contributed by atoms with Crippen molar-refractivity contribution in [2.75, 3.05) is 0 Å². The van der Waals surface area contributed by atoms with Crippen LogP contribution in [0.25, 0.3) is 0 Å². The number of hydrogen-bond donors (Lipinski definition) is 0. The van der Waals surface area contributed by atoms with Crippen molar-refractivity contribution >= 4 is 27.5 Å². The molecule has 0 radical (unpaired) electrons. The monoisotopic (exact) mass is 355 g/mol.